The third-order valence-electron chi connectivity index (χ3n) is 7.78. The van der Waals surface area contributed by atoms with E-state index in [2.05, 4.69) is 22.4 Å². The van der Waals surface area contributed by atoms with Crippen molar-refractivity contribution < 1.29 is 23.8 Å². The van der Waals surface area contributed by atoms with Crippen LogP contribution in [-0.4, -0.2) is 47.9 Å². The molecule has 0 saturated carbocycles. The fourth-order valence-electron chi connectivity index (χ4n) is 5.87. The normalized spacial score (nSPS) is 17.9. The third kappa shape index (κ3) is 6.04. The van der Waals surface area contributed by atoms with Gasteiger partial charge in [-0.05, 0) is 99.8 Å². The first kappa shape index (κ1) is 28.9. The molecule has 2 aromatic carbocycles. The summed E-state index contributed by atoms with van der Waals surface area (Å²) in [6, 6.07) is 16.3. The minimum atomic E-state index is -0.597. The number of piperidine rings is 1. The summed E-state index contributed by atoms with van der Waals surface area (Å²) in [7, 11) is 3.09. The van der Waals surface area contributed by atoms with Gasteiger partial charge in [0, 0.05) is 34.6 Å². The summed E-state index contributed by atoms with van der Waals surface area (Å²) in [6.07, 6.45) is 3.41. The van der Waals surface area contributed by atoms with Crippen LogP contribution >= 0.6 is 11.3 Å². The summed E-state index contributed by atoms with van der Waals surface area (Å²) in [5.74, 6) is 0.927. The van der Waals surface area contributed by atoms with Crippen molar-refractivity contribution in [2.45, 2.75) is 64.6 Å². The van der Waals surface area contributed by atoms with E-state index in [9.17, 15) is 9.59 Å². The van der Waals surface area contributed by atoms with Crippen LogP contribution in [0.2, 0.25) is 0 Å². The van der Waals surface area contributed by atoms with Gasteiger partial charge in [-0.3, -0.25) is 9.47 Å². The fraction of sp³-hybridized carbons (Fsp3) is 0.394. The number of likely N-dealkylation sites (tertiary alicyclic amines) is 1. The SMILES string of the molecule is COC(=O)c1ccc([C@@H]2CC(c3cccs3)CCN2Cc2c(OC)cc(C)c3c2ccn3C(=O)OC(C)(C)C)cc1. The van der Waals surface area contributed by atoms with E-state index in [1.165, 1.54) is 12.0 Å². The summed E-state index contributed by atoms with van der Waals surface area (Å²) >= 11 is 1.81. The molecule has 0 N–H and O–H groups in total. The second kappa shape index (κ2) is 11.7. The number of aromatic nitrogens is 1. The molecule has 216 valence electrons. The predicted octanol–water partition coefficient (Wildman–Crippen LogP) is 7.71. The van der Waals surface area contributed by atoms with Crippen molar-refractivity contribution in [2.75, 3.05) is 20.8 Å². The Morgan fingerprint density at radius 1 is 1.07 bits per heavy atom. The lowest BCUT2D eigenvalue weighted by Crippen LogP contribution is -2.36. The third-order valence-corrected chi connectivity index (χ3v) is 8.81. The van der Waals surface area contributed by atoms with E-state index < -0.39 is 11.7 Å². The number of esters is 1. The summed E-state index contributed by atoms with van der Waals surface area (Å²) in [4.78, 5) is 29.1. The smallest absolute Gasteiger partial charge is 0.419 e. The molecular formula is C33H38N2O5S. The highest BCUT2D eigenvalue weighted by atomic mass is 32.1. The van der Waals surface area contributed by atoms with E-state index in [1.54, 1.807) is 17.9 Å². The van der Waals surface area contributed by atoms with Gasteiger partial charge in [-0.25, -0.2) is 9.59 Å². The molecule has 0 spiro atoms. The standard InChI is InChI=1S/C33H38N2O5S/c1-21-18-28(38-5)26(25-14-16-35(30(21)25)32(37)40-33(2,3)4)20-34-15-13-24(29-8-7-17-41-29)19-27(34)22-9-11-23(12-10-22)31(36)39-6/h7-12,14,16-18,24,27H,13,15,19-20H2,1-6H3/t24?,27-/m0/s1. The van der Waals surface area contributed by atoms with Crippen LogP contribution in [-0.2, 0) is 16.0 Å². The predicted molar refractivity (Wildman–Crippen MR) is 162 cm³/mol. The molecule has 1 saturated heterocycles. The molecule has 2 atom stereocenters. The van der Waals surface area contributed by atoms with Crippen molar-refractivity contribution in [1.29, 1.82) is 0 Å². The van der Waals surface area contributed by atoms with Crippen molar-refractivity contribution >= 4 is 34.3 Å². The van der Waals surface area contributed by atoms with Gasteiger partial charge >= 0.3 is 12.1 Å². The Hall–Kier alpha value is -3.62. The van der Waals surface area contributed by atoms with Gasteiger partial charge in [0.15, 0.2) is 0 Å². The zero-order valence-electron chi connectivity index (χ0n) is 24.6. The number of hydrogen-bond acceptors (Lipinski definition) is 7. The van der Waals surface area contributed by atoms with Gasteiger partial charge < -0.3 is 14.2 Å². The topological polar surface area (TPSA) is 70.0 Å². The lowest BCUT2D eigenvalue weighted by atomic mass is 9.85. The van der Waals surface area contributed by atoms with Crippen molar-refractivity contribution in [3.05, 3.63) is 87.2 Å². The Labute approximate surface area is 245 Å². The molecular weight excluding hydrogens is 536 g/mol. The Balaban J connectivity index is 1.53. The second-order valence-corrected chi connectivity index (χ2v) is 12.6. The highest BCUT2D eigenvalue weighted by Crippen LogP contribution is 2.43. The number of aryl methyl sites for hydroxylation is 1. The van der Waals surface area contributed by atoms with E-state index in [0.29, 0.717) is 18.0 Å². The van der Waals surface area contributed by atoms with Crippen molar-refractivity contribution in [2.24, 2.45) is 0 Å². The number of carbonyl (C=O) groups excluding carboxylic acids is 2. The molecule has 7 nitrogen and oxygen atoms in total. The number of rotatable bonds is 6. The highest BCUT2D eigenvalue weighted by Gasteiger charge is 2.32. The maximum absolute atomic E-state index is 13.1. The van der Waals surface area contributed by atoms with E-state index in [4.69, 9.17) is 14.2 Å². The van der Waals surface area contributed by atoms with Crippen LogP contribution in [0.1, 0.15) is 77.5 Å². The maximum atomic E-state index is 13.1. The molecule has 0 bridgehead atoms. The number of carbonyl (C=O) groups is 2. The molecule has 8 heteroatoms. The number of fused-ring (bicyclic) bond motifs is 1. The highest BCUT2D eigenvalue weighted by molar-refractivity contribution is 7.10. The van der Waals surface area contributed by atoms with Crippen LogP contribution in [0, 0.1) is 6.92 Å². The molecule has 0 amide bonds. The zero-order chi connectivity index (χ0) is 29.3. The second-order valence-electron chi connectivity index (χ2n) is 11.6. The van der Waals surface area contributed by atoms with Gasteiger partial charge in [-0.2, -0.15) is 0 Å². The van der Waals surface area contributed by atoms with E-state index in [-0.39, 0.29) is 12.0 Å². The quantitative estimate of drug-likeness (QED) is 0.220. The van der Waals surface area contributed by atoms with Crippen molar-refractivity contribution in [1.82, 2.24) is 9.47 Å². The average Bonchev–Trinajstić information content (AvgIpc) is 3.65. The van der Waals surface area contributed by atoms with Gasteiger partial charge in [-0.1, -0.05) is 18.2 Å². The number of hydrogen-bond donors (Lipinski definition) is 0. The van der Waals surface area contributed by atoms with E-state index in [0.717, 1.165) is 52.7 Å². The first-order valence-electron chi connectivity index (χ1n) is 14.0. The number of methoxy groups -OCH3 is 2. The summed E-state index contributed by atoms with van der Waals surface area (Å²) in [5.41, 5.74) is 3.93. The molecule has 4 aromatic rings. The summed E-state index contributed by atoms with van der Waals surface area (Å²) in [6.45, 7) is 9.16. The van der Waals surface area contributed by atoms with Gasteiger partial charge in [0.2, 0.25) is 0 Å². The molecule has 0 radical (unpaired) electrons. The van der Waals surface area contributed by atoms with Crippen LogP contribution in [0.3, 0.4) is 0 Å². The number of benzene rings is 2. The minimum Gasteiger partial charge on any atom is -0.496 e. The van der Waals surface area contributed by atoms with Crippen LogP contribution in [0.4, 0.5) is 4.79 Å². The summed E-state index contributed by atoms with van der Waals surface area (Å²) in [5, 5.41) is 3.12. The van der Waals surface area contributed by atoms with E-state index >= 15 is 0 Å². The van der Waals surface area contributed by atoms with Crippen LogP contribution in [0.5, 0.6) is 5.75 Å². The largest absolute Gasteiger partial charge is 0.496 e. The fourth-order valence-corrected chi connectivity index (χ4v) is 6.74. The average molecular weight is 575 g/mol. The lowest BCUT2D eigenvalue weighted by molar-refractivity contribution is 0.0542. The van der Waals surface area contributed by atoms with Crippen LogP contribution in [0.25, 0.3) is 10.9 Å². The van der Waals surface area contributed by atoms with Crippen molar-refractivity contribution in [3.63, 3.8) is 0 Å². The molecule has 1 aliphatic rings. The molecule has 41 heavy (non-hydrogen) atoms. The lowest BCUT2D eigenvalue weighted by Gasteiger charge is -2.40. The molecule has 5 rings (SSSR count). The van der Waals surface area contributed by atoms with Crippen LogP contribution in [0.15, 0.2) is 60.1 Å². The Kier molecular flexibility index (Phi) is 8.25. The van der Waals surface area contributed by atoms with E-state index in [1.807, 2.05) is 75.4 Å². The molecule has 1 aliphatic heterocycles. The first-order chi connectivity index (χ1) is 19.6. The Morgan fingerprint density at radius 3 is 2.46 bits per heavy atom. The number of ether oxygens (including phenoxy) is 3. The molecule has 1 unspecified atom stereocenters. The number of nitrogens with zero attached hydrogens (tertiary/aromatic N) is 2. The maximum Gasteiger partial charge on any atom is 0.419 e. The molecule has 0 aliphatic carbocycles. The Bertz CT molecular complexity index is 1530. The molecule has 1 fully saturated rings. The van der Waals surface area contributed by atoms with Gasteiger partial charge in [0.1, 0.15) is 11.4 Å². The van der Waals surface area contributed by atoms with Gasteiger partial charge in [0.05, 0.1) is 25.3 Å². The first-order valence-corrected chi connectivity index (χ1v) is 14.8. The van der Waals surface area contributed by atoms with Crippen LogP contribution < -0.4 is 4.74 Å². The van der Waals surface area contributed by atoms with Gasteiger partial charge in [-0.15, -0.1) is 11.3 Å². The minimum absolute atomic E-state index is 0.136. The van der Waals surface area contributed by atoms with Crippen molar-refractivity contribution in [3.8, 4) is 5.75 Å². The molecule has 3 heterocycles. The summed E-state index contributed by atoms with van der Waals surface area (Å²) < 4.78 is 18.1. The Morgan fingerprint density at radius 2 is 1.83 bits per heavy atom. The number of thiophene rings is 1. The zero-order valence-corrected chi connectivity index (χ0v) is 25.4. The molecule has 2 aromatic heterocycles. The van der Waals surface area contributed by atoms with Gasteiger partial charge in [0.25, 0.3) is 0 Å². The monoisotopic (exact) mass is 574 g/mol.